The van der Waals surface area contributed by atoms with Crippen LogP contribution in [0.3, 0.4) is 0 Å². The number of sulfonamides is 1. The average Bonchev–Trinajstić information content (AvgIpc) is 2.76. The quantitative estimate of drug-likeness (QED) is 0.442. The molecule has 0 aliphatic rings. The largest absolute Gasteiger partial charge is 0.348 e. The molecule has 0 aliphatic carbocycles. The van der Waals surface area contributed by atoms with Gasteiger partial charge in [0.2, 0.25) is 15.9 Å². The Hall–Kier alpha value is -2.52. The van der Waals surface area contributed by atoms with Gasteiger partial charge in [-0.15, -0.1) is 0 Å². The van der Waals surface area contributed by atoms with Crippen molar-refractivity contribution in [2.75, 3.05) is 6.54 Å². The van der Waals surface area contributed by atoms with Crippen molar-refractivity contribution < 1.29 is 22.0 Å². The summed E-state index contributed by atoms with van der Waals surface area (Å²) in [6, 6.07) is 14.4. The zero-order valence-electron chi connectivity index (χ0n) is 17.4. The molecule has 0 spiro atoms. The first-order valence-corrected chi connectivity index (χ1v) is 12.0. The fraction of sp³-hybridized carbons (Fsp3) is 0.174. The first-order chi connectivity index (χ1) is 15.6. The third-order valence-electron chi connectivity index (χ3n) is 4.92. The number of halogens is 4. The highest BCUT2D eigenvalue weighted by Crippen LogP contribution is 2.25. The molecular formula is C23H20Cl2F2N2O3S. The number of hydrogen-bond acceptors (Lipinski definition) is 3. The molecule has 5 nitrogen and oxygen atoms in total. The molecule has 0 radical (unpaired) electrons. The first-order valence-electron chi connectivity index (χ1n) is 9.81. The third kappa shape index (κ3) is 6.29. The van der Waals surface area contributed by atoms with Crippen LogP contribution in [0, 0.1) is 11.6 Å². The van der Waals surface area contributed by atoms with E-state index in [1.807, 2.05) is 0 Å². The minimum absolute atomic E-state index is 0.0337. The molecule has 1 unspecified atom stereocenters. The second-order valence-electron chi connectivity index (χ2n) is 7.27. The highest BCUT2D eigenvalue weighted by atomic mass is 35.5. The van der Waals surface area contributed by atoms with Gasteiger partial charge in [-0.05, 0) is 61.0 Å². The number of amides is 1. The van der Waals surface area contributed by atoms with Crippen molar-refractivity contribution in [3.8, 4) is 0 Å². The summed E-state index contributed by atoms with van der Waals surface area (Å²) in [5.74, 6) is -1.74. The molecule has 1 atom stereocenters. The fourth-order valence-corrected chi connectivity index (χ4v) is 4.84. The van der Waals surface area contributed by atoms with E-state index in [-0.39, 0.29) is 15.5 Å². The predicted molar refractivity (Wildman–Crippen MR) is 123 cm³/mol. The molecule has 3 rings (SSSR count). The summed E-state index contributed by atoms with van der Waals surface area (Å²) in [5.41, 5.74) is 0.574. The van der Waals surface area contributed by atoms with Gasteiger partial charge >= 0.3 is 0 Å². The highest BCUT2D eigenvalue weighted by molar-refractivity contribution is 7.89. The molecule has 3 aromatic carbocycles. The number of rotatable bonds is 8. The normalized spacial score (nSPS) is 12.5. The van der Waals surface area contributed by atoms with E-state index in [0.29, 0.717) is 10.6 Å². The molecule has 0 aliphatic heterocycles. The van der Waals surface area contributed by atoms with Crippen LogP contribution in [0.4, 0.5) is 8.78 Å². The van der Waals surface area contributed by atoms with Gasteiger partial charge < -0.3 is 5.32 Å². The summed E-state index contributed by atoms with van der Waals surface area (Å²) >= 11 is 12.0. The van der Waals surface area contributed by atoms with Gasteiger partial charge in [0.15, 0.2) is 0 Å². The molecule has 0 saturated heterocycles. The molecule has 3 aromatic rings. The maximum Gasteiger partial charge on any atom is 0.243 e. The van der Waals surface area contributed by atoms with Crippen LogP contribution < -0.4 is 5.32 Å². The van der Waals surface area contributed by atoms with Crippen molar-refractivity contribution in [1.82, 2.24) is 9.62 Å². The number of nitrogens with one attached hydrogen (secondary N) is 1. The summed E-state index contributed by atoms with van der Waals surface area (Å²) in [5, 5.41) is 3.05. The van der Waals surface area contributed by atoms with Crippen molar-refractivity contribution in [3.05, 3.63) is 99.5 Å². The molecule has 10 heteroatoms. The van der Waals surface area contributed by atoms with Gasteiger partial charge in [-0.25, -0.2) is 17.2 Å². The van der Waals surface area contributed by atoms with Crippen LogP contribution in [0.15, 0.2) is 71.6 Å². The predicted octanol–water partition coefficient (Wildman–Crippen LogP) is 5.34. The Labute approximate surface area is 201 Å². The second-order valence-corrected chi connectivity index (χ2v) is 10.0. The van der Waals surface area contributed by atoms with Gasteiger partial charge in [0.1, 0.15) is 11.6 Å². The second kappa shape index (κ2) is 10.6. The number of nitrogens with zero attached hydrogens (tertiary/aromatic N) is 1. The Morgan fingerprint density at radius 1 is 1.00 bits per heavy atom. The topological polar surface area (TPSA) is 66.5 Å². The Bertz CT molecular complexity index is 1220. The lowest BCUT2D eigenvalue weighted by Gasteiger charge is -2.24. The highest BCUT2D eigenvalue weighted by Gasteiger charge is 2.29. The smallest absolute Gasteiger partial charge is 0.243 e. The van der Waals surface area contributed by atoms with E-state index in [0.717, 1.165) is 10.4 Å². The van der Waals surface area contributed by atoms with Crippen LogP contribution in [0.5, 0.6) is 0 Å². The summed E-state index contributed by atoms with van der Waals surface area (Å²) in [6.07, 6.45) is 0. The summed E-state index contributed by atoms with van der Waals surface area (Å²) in [7, 11) is -4.21. The first kappa shape index (κ1) is 25.1. The molecule has 0 saturated carbocycles. The van der Waals surface area contributed by atoms with Crippen molar-refractivity contribution in [2.45, 2.75) is 24.4 Å². The SMILES string of the molecule is CC(NC(=O)CN(Cc1c(F)cccc1Cl)S(=O)(=O)c1ccc(Cl)cc1)c1ccc(F)cc1. The molecule has 174 valence electrons. The van der Waals surface area contributed by atoms with Crippen molar-refractivity contribution >= 4 is 39.1 Å². The lowest BCUT2D eigenvalue weighted by molar-refractivity contribution is -0.122. The van der Waals surface area contributed by atoms with E-state index in [9.17, 15) is 22.0 Å². The fourth-order valence-electron chi connectivity index (χ4n) is 3.12. The zero-order valence-corrected chi connectivity index (χ0v) is 19.8. The van der Waals surface area contributed by atoms with Crippen LogP contribution in [-0.2, 0) is 21.4 Å². The van der Waals surface area contributed by atoms with E-state index in [2.05, 4.69) is 5.32 Å². The molecular weight excluding hydrogens is 493 g/mol. The molecule has 0 bridgehead atoms. The van der Waals surface area contributed by atoms with Gasteiger partial charge in [0, 0.05) is 22.2 Å². The average molecular weight is 513 g/mol. The number of carbonyl (C=O) groups excluding carboxylic acids is 1. The molecule has 33 heavy (non-hydrogen) atoms. The minimum Gasteiger partial charge on any atom is -0.348 e. The van der Waals surface area contributed by atoms with Crippen LogP contribution in [0.2, 0.25) is 10.0 Å². The molecule has 0 fully saturated rings. The zero-order chi connectivity index (χ0) is 24.2. The Kier molecular flexibility index (Phi) is 8.07. The molecule has 0 heterocycles. The maximum absolute atomic E-state index is 14.4. The van der Waals surface area contributed by atoms with Gasteiger partial charge in [0.05, 0.1) is 17.5 Å². The van der Waals surface area contributed by atoms with Crippen molar-refractivity contribution in [3.63, 3.8) is 0 Å². The molecule has 0 aromatic heterocycles. The van der Waals surface area contributed by atoms with Gasteiger partial charge in [-0.1, -0.05) is 41.4 Å². The Morgan fingerprint density at radius 2 is 1.64 bits per heavy atom. The Balaban J connectivity index is 1.88. The monoisotopic (exact) mass is 512 g/mol. The van der Waals surface area contributed by atoms with E-state index >= 15 is 0 Å². The van der Waals surface area contributed by atoms with Crippen molar-refractivity contribution in [1.29, 1.82) is 0 Å². The van der Waals surface area contributed by atoms with E-state index in [4.69, 9.17) is 23.2 Å². The third-order valence-corrected chi connectivity index (χ3v) is 7.33. The van der Waals surface area contributed by atoms with Gasteiger partial charge in [0.25, 0.3) is 0 Å². The molecule has 1 amide bonds. The number of hydrogen-bond donors (Lipinski definition) is 1. The van der Waals surface area contributed by atoms with Crippen LogP contribution >= 0.6 is 23.2 Å². The summed E-state index contributed by atoms with van der Waals surface area (Å²) in [6.45, 7) is 0.618. The van der Waals surface area contributed by atoms with E-state index in [1.54, 1.807) is 6.92 Å². The van der Waals surface area contributed by atoms with Gasteiger partial charge in [-0.2, -0.15) is 4.31 Å². The lowest BCUT2D eigenvalue weighted by atomic mass is 10.1. The maximum atomic E-state index is 14.4. The summed E-state index contributed by atoms with van der Waals surface area (Å²) in [4.78, 5) is 12.6. The lowest BCUT2D eigenvalue weighted by Crippen LogP contribution is -2.41. The number of benzene rings is 3. The standard InChI is InChI=1S/C23H20Cl2F2N2O3S/c1-15(16-5-9-18(26)10-6-16)28-23(30)14-29(13-20-21(25)3-2-4-22(20)27)33(31,32)19-11-7-17(24)8-12-19/h2-12,15H,13-14H2,1H3,(H,28,30). The van der Waals surface area contributed by atoms with E-state index in [1.165, 1.54) is 60.7 Å². The number of carbonyl (C=O) groups is 1. The minimum atomic E-state index is -4.21. The van der Waals surface area contributed by atoms with E-state index < -0.39 is 46.7 Å². The van der Waals surface area contributed by atoms with Crippen LogP contribution in [0.25, 0.3) is 0 Å². The van der Waals surface area contributed by atoms with Crippen LogP contribution in [0.1, 0.15) is 24.1 Å². The Morgan fingerprint density at radius 3 is 2.24 bits per heavy atom. The van der Waals surface area contributed by atoms with Crippen molar-refractivity contribution in [2.24, 2.45) is 0 Å². The van der Waals surface area contributed by atoms with Gasteiger partial charge in [-0.3, -0.25) is 4.79 Å². The van der Waals surface area contributed by atoms with Crippen LogP contribution in [-0.4, -0.2) is 25.2 Å². The summed E-state index contributed by atoms with van der Waals surface area (Å²) < 4.78 is 55.0. The molecule has 1 N–H and O–H groups in total.